The second-order valence-electron chi connectivity index (χ2n) is 8.07. The van der Waals surface area contributed by atoms with Crippen molar-refractivity contribution in [3.8, 4) is 5.75 Å². The lowest BCUT2D eigenvalue weighted by Crippen LogP contribution is -2.45. The summed E-state index contributed by atoms with van der Waals surface area (Å²) >= 11 is 0. The van der Waals surface area contributed by atoms with E-state index in [4.69, 9.17) is 14.2 Å². The second-order valence-corrected chi connectivity index (χ2v) is 8.07. The topological polar surface area (TPSA) is 77.0 Å². The lowest BCUT2D eigenvalue weighted by atomic mass is 9.86. The van der Waals surface area contributed by atoms with Crippen LogP contribution in [0.4, 0.5) is 5.69 Å². The molecule has 0 heterocycles. The van der Waals surface area contributed by atoms with Gasteiger partial charge in [-0.25, -0.2) is 0 Å². The summed E-state index contributed by atoms with van der Waals surface area (Å²) in [4.78, 5) is 13.0. The van der Waals surface area contributed by atoms with Gasteiger partial charge in [-0.15, -0.1) is 0 Å². The molecule has 2 N–H and O–H groups in total. The Balaban J connectivity index is 2.87. The highest BCUT2D eigenvalue weighted by Crippen LogP contribution is 2.29. The van der Waals surface area contributed by atoms with Crippen LogP contribution in [-0.4, -0.2) is 50.2 Å². The van der Waals surface area contributed by atoms with Crippen LogP contribution in [0.25, 0.3) is 0 Å². The van der Waals surface area contributed by atoms with Gasteiger partial charge < -0.3 is 24.6 Å². The number of aliphatic hydroxyl groups is 1. The van der Waals surface area contributed by atoms with Crippen LogP contribution in [0.1, 0.15) is 58.1 Å². The molecule has 1 unspecified atom stereocenters. The predicted octanol–water partition coefficient (Wildman–Crippen LogP) is 4.25. The van der Waals surface area contributed by atoms with Gasteiger partial charge in [0.1, 0.15) is 11.9 Å². The van der Waals surface area contributed by atoms with Gasteiger partial charge in [-0.05, 0) is 50.5 Å². The summed E-state index contributed by atoms with van der Waals surface area (Å²) in [5.74, 6) is 0.540. The fourth-order valence-electron chi connectivity index (χ4n) is 3.04. The third-order valence-electron chi connectivity index (χ3n) is 4.84. The predicted molar refractivity (Wildman–Crippen MR) is 117 cm³/mol. The highest BCUT2D eigenvalue weighted by atomic mass is 16.5. The molecule has 6 nitrogen and oxygen atoms in total. The average molecular weight is 410 g/mol. The van der Waals surface area contributed by atoms with Gasteiger partial charge >= 0.3 is 0 Å². The largest absolute Gasteiger partial charge is 0.494 e. The fraction of sp³-hybridized carbons (Fsp3) is 0.696. The van der Waals surface area contributed by atoms with Gasteiger partial charge in [0, 0.05) is 17.7 Å². The summed E-state index contributed by atoms with van der Waals surface area (Å²) in [6.07, 6.45) is 2.54. The average Bonchev–Trinajstić information content (AvgIpc) is 2.67. The van der Waals surface area contributed by atoms with Gasteiger partial charge in [-0.1, -0.05) is 33.6 Å². The molecule has 0 bridgehead atoms. The molecular formula is C23H39NO5. The monoisotopic (exact) mass is 409 g/mol. The Kier molecular flexibility index (Phi) is 11.2. The van der Waals surface area contributed by atoms with E-state index in [2.05, 4.69) is 12.2 Å². The Labute approximate surface area is 175 Å². The number of ether oxygens (including phenoxy) is 3. The van der Waals surface area contributed by atoms with Gasteiger partial charge in [-0.3, -0.25) is 4.79 Å². The number of carbonyl (C=O) groups is 1. The summed E-state index contributed by atoms with van der Waals surface area (Å²) in [5.41, 5.74) is 1.89. The molecule has 0 saturated carbocycles. The van der Waals surface area contributed by atoms with Crippen molar-refractivity contribution in [2.45, 2.75) is 66.9 Å². The van der Waals surface area contributed by atoms with Crippen molar-refractivity contribution in [1.82, 2.24) is 0 Å². The molecule has 0 spiro atoms. The molecule has 0 aliphatic heterocycles. The normalized spacial score (nSPS) is 12.7. The van der Waals surface area contributed by atoms with Crippen LogP contribution >= 0.6 is 0 Å². The van der Waals surface area contributed by atoms with Gasteiger partial charge in [0.15, 0.2) is 0 Å². The fourth-order valence-corrected chi connectivity index (χ4v) is 3.04. The van der Waals surface area contributed by atoms with Gasteiger partial charge in [0.25, 0.3) is 5.91 Å². The molecule has 166 valence electrons. The van der Waals surface area contributed by atoms with Crippen LogP contribution in [0.3, 0.4) is 0 Å². The molecule has 1 aromatic rings. The van der Waals surface area contributed by atoms with Crippen molar-refractivity contribution >= 4 is 11.6 Å². The number of carbonyl (C=O) groups excluding carboxylic acids is 1. The SMILES string of the molecule is CCCCCOc1cc(C)c(NC(=O)C(OCCOCC)C(C)(C)CO)c(C)c1. The van der Waals surface area contributed by atoms with Crippen LogP contribution in [0.2, 0.25) is 0 Å². The number of aliphatic hydroxyl groups excluding tert-OH is 1. The van der Waals surface area contributed by atoms with Gasteiger partial charge in [-0.2, -0.15) is 0 Å². The Hall–Kier alpha value is -1.63. The number of benzene rings is 1. The maximum Gasteiger partial charge on any atom is 0.254 e. The summed E-state index contributed by atoms with van der Waals surface area (Å²) in [5, 5.41) is 12.7. The van der Waals surface area contributed by atoms with E-state index >= 15 is 0 Å². The van der Waals surface area contributed by atoms with E-state index < -0.39 is 11.5 Å². The molecule has 1 rings (SSSR count). The minimum atomic E-state index is -0.795. The van der Waals surface area contributed by atoms with Crippen molar-refractivity contribution in [2.24, 2.45) is 5.41 Å². The third-order valence-corrected chi connectivity index (χ3v) is 4.84. The van der Waals surface area contributed by atoms with E-state index in [1.54, 1.807) is 0 Å². The zero-order chi connectivity index (χ0) is 21.9. The maximum absolute atomic E-state index is 13.0. The summed E-state index contributed by atoms with van der Waals surface area (Å²) in [7, 11) is 0. The van der Waals surface area contributed by atoms with Crippen molar-refractivity contribution < 1.29 is 24.1 Å². The molecule has 0 radical (unpaired) electrons. The first kappa shape index (κ1) is 25.4. The van der Waals surface area contributed by atoms with Crippen LogP contribution in [-0.2, 0) is 14.3 Å². The van der Waals surface area contributed by atoms with E-state index in [-0.39, 0.29) is 19.1 Å². The molecule has 0 aromatic heterocycles. The molecule has 1 atom stereocenters. The molecular weight excluding hydrogens is 370 g/mol. The van der Waals surface area contributed by atoms with Crippen molar-refractivity contribution in [3.05, 3.63) is 23.3 Å². The summed E-state index contributed by atoms with van der Waals surface area (Å²) in [6, 6.07) is 3.88. The Morgan fingerprint density at radius 3 is 2.31 bits per heavy atom. The van der Waals surface area contributed by atoms with Crippen molar-refractivity contribution in [3.63, 3.8) is 0 Å². The van der Waals surface area contributed by atoms with E-state index in [0.29, 0.717) is 19.8 Å². The minimum absolute atomic E-state index is 0.164. The quantitative estimate of drug-likeness (QED) is 0.449. The third kappa shape index (κ3) is 8.33. The highest BCUT2D eigenvalue weighted by Gasteiger charge is 2.36. The lowest BCUT2D eigenvalue weighted by molar-refractivity contribution is -0.139. The lowest BCUT2D eigenvalue weighted by Gasteiger charge is -2.31. The number of rotatable bonds is 14. The molecule has 0 saturated heterocycles. The molecule has 1 aromatic carbocycles. The molecule has 0 aliphatic rings. The molecule has 0 aliphatic carbocycles. The number of amides is 1. The second kappa shape index (κ2) is 12.8. The minimum Gasteiger partial charge on any atom is -0.494 e. The van der Waals surface area contributed by atoms with Crippen molar-refractivity contribution in [1.29, 1.82) is 0 Å². The first-order chi connectivity index (χ1) is 13.8. The van der Waals surface area contributed by atoms with Gasteiger partial charge in [0.2, 0.25) is 0 Å². The van der Waals surface area contributed by atoms with Crippen LogP contribution in [0.15, 0.2) is 12.1 Å². The van der Waals surface area contributed by atoms with Crippen LogP contribution in [0, 0.1) is 19.3 Å². The molecule has 0 fully saturated rings. The number of hydrogen-bond acceptors (Lipinski definition) is 5. The first-order valence-corrected chi connectivity index (χ1v) is 10.6. The number of aryl methyl sites for hydroxylation is 2. The smallest absolute Gasteiger partial charge is 0.254 e. The number of anilines is 1. The van der Waals surface area contributed by atoms with E-state index in [9.17, 15) is 9.90 Å². The van der Waals surface area contributed by atoms with E-state index in [1.807, 2.05) is 46.8 Å². The van der Waals surface area contributed by atoms with Gasteiger partial charge in [0.05, 0.1) is 26.4 Å². The highest BCUT2D eigenvalue weighted by molar-refractivity contribution is 5.96. The summed E-state index contributed by atoms with van der Waals surface area (Å²) < 4.78 is 16.9. The Morgan fingerprint density at radius 1 is 1.10 bits per heavy atom. The van der Waals surface area contributed by atoms with Crippen LogP contribution < -0.4 is 10.1 Å². The number of nitrogens with one attached hydrogen (secondary N) is 1. The number of unbranched alkanes of at least 4 members (excludes halogenated alkanes) is 2. The zero-order valence-electron chi connectivity index (χ0n) is 19.0. The molecule has 1 amide bonds. The van der Waals surface area contributed by atoms with E-state index in [1.165, 1.54) is 0 Å². The zero-order valence-corrected chi connectivity index (χ0v) is 19.0. The number of hydrogen-bond donors (Lipinski definition) is 2. The van der Waals surface area contributed by atoms with Crippen LogP contribution in [0.5, 0.6) is 5.75 Å². The Bertz CT molecular complexity index is 607. The maximum atomic E-state index is 13.0. The molecule has 6 heteroatoms. The standard InChI is InChI=1S/C23H39NO5/c1-7-9-10-11-28-19-14-17(3)20(18(4)15-19)24-22(26)21(23(5,6)16-25)29-13-12-27-8-2/h14-15,21,25H,7-13,16H2,1-6H3,(H,24,26). The van der Waals surface area contributed by atoms with E-state index in [0.717, 1.165) is 41.8 Å². The Morgan fingerprint density at radius 2 is 1.76 bits per heavy atom. The summed E-state index contributed by atoms with van der Waals surface area (Å²) in [6.45, 7) is 13.4. The van der Waals surface area contributed by atoms with Crippen molar-refractivity contribution in [2.75, 3.05) is 38.4 Å². The molecule has 29 heavy (non-hydrogen) atoms. The first-order valence-electron chi connectivity index (χ1n) is 10.6.